The van der Waals surface area contributed by atoms with Gasteiger partial charge in [-0.15, -0.1) is 0 Å². The number of imide groups is 1. The molecule has 0 radical (unpaired) electrons. The van der Waals surface area contributed by atoms with E-state index in [1.54, 1.807) is 48.5 Å². The van der Waals surface area contributed by atoms with Crippen molar-refractivity contribution in [2.45, 2.75) is 27.2 Å². The van der Waals surface area contributed by atoms with Crippen LogP contribution >= 0.6 is 27.5 Å². The summed E-state index contributed by atoms with van der Waals surface area (Å²) in [6.45, 7) is 5.28. The van der Waals surface area contributed by atoms with Crippen LogP contribution in [0.3, 0.4) is 0 Å². The number of amides is 2. The number of allylic oxidation sites excluding steroid dienone is 2. The van der Waals surface area contributed by atoms with Gasteiger partial charge in [0, 0.05) is 21.0 Å². The largest absolute Gasteiger partial charge is 0.454 e. The number of carbonyl (C=O) groups excluding carboxylic acids is 4. The zero-order chi connectivity index (χ0) is 31.3. The zero-order valence-electron chi connectivity index (χ0n) is 24.3. The van der Waals surface area contributed by atoms with Gasteiger partial charge in [-0.1, -0.05) is 72.6 Å². The lowest BCUT2D eigenvalue weighted by Gasteiger charge is -2.22. The number of hydrogen-bond acceptors (Lipinski definition) is 6. The van der Waals surface area contributed by atoms with Gasteiger partial charge in [-0.3, -0.25) is 19.3 Å². The molecule has 9 heteroatoms. The summed E-state index contributed by atoms with van der Waals surface area (Å²) in [4.78, 5) is 58.7. The van der Waals surface area contributed by atoms with E-state index in [1.807, 2.05) is 45.1 Å². The molecule has 0 spiro atoms. The molecule has 3 aromatic carbocycles. The van der Waals surface area contributed by atoms with E-state index in [2.05, 4.69) is 15.9 Å². The Bertz CT molecular complexity index is 1880. The number of fused-ring (bicyclic) bond motifs is 2. The van der Waals surface area contributed by atoms with Gasteiger partial charge in [0.2, 0.25) is 11.8 Å². The van der Waals surface area contributed by atoms with Gasteiger partial charge in [-0.05, 0) is 71.9 Å². The molecule has 1 fully saturated rings. The number of nitrogens with zero attached hydrogens (tertiary/aromatic N) is 2. The van der Waals surface area contributed by atoms with Crippen molar-refractivity contribution in [3.05, 3.63) is 105 Å². The molecule has 222 valence electrons. The third-order valence-corrected chi connectivity index (χ3v) is 9.79. The Morgan fingerprint density at radius 3 is 2.41 bits per heavy atom. The second kappa shape index (κ2) is 11.7. The van der Waals surface area contributed by atoms with Crippen LogP contribution in [0.5, 0.6) is 0 Å². The van der Waals surface area contributed by atoms with E-state index in [-0.39, 0.29) is 40.9 Å². The molecule has 44 heavy (non-hydrogen) atoms. The van der Waals surface area contributed by atoms with Crippen LogP contribution in [0.15, 0.2) is 77.3 Å². The fourth-order valence-corrected chi connectivity index (χ4v) is 6.66. The fraction of sp³-hybridized carbons (Fsp3) is 0.229. The first-order valence-corrected chi connectivity index (χ1v) is 15.4. The Labute approximate surface area is 268 Å². The first-order chi connectivity index (χ1) is 21.0. The summed E-state index contributed by atoms with van der Waals surface area (Å²) in [6, 6.07) is 17.3. The standard InChI is InChI=1S/C35H28BrClN2O5/c1-18-7-9-22(10-8-18)29(40)17-44-35(43)26-16-28(38-32-20(3)31(37)27(36)15-25(26)32)21-11-13-23(14-12-21)39-33(41)24-6-4-5-19(2)30(24)34(39)42/h4-5,7-16,19,24,30H,6,17H2,1-3H3. The molecular formula is C35H28BrClN2O5. The highest BCUT2D eigenvalue weighted by molar-refractivity contribution is 9.10. The Kier molecular flexibility index (Phi) is 7.99. The highest BCUT2D eigenvalue weighted by atomic mass is 79.9. The maximum atomic E-state index is 13.5. The van der Waals surface area contributed by atoms with Crippen molar-refractivity contribution < 1.29 is 23.9 Å². The normalized spacial score (nSPS) is 19.4. The van der Waals surface area contributed by atoms with Crippen molar-refractivity contribution in [2.24, 2.45) is 17.8 Å². The molecule has 0 saturated carbocycles. The van der Waals surface area contributed by atoms with Crippen LogP contribution in [0.2, 0.25) is 5.02 Å². The lowest BCUT2D eigenvalue weighted by Crippen LogP contribution is -2.31. The number of rotatable bonds is 6. The van der Waals surface area contributed by atoms with Gasteiger partial charge in [-0.2, -0.15) is 0 Å². The Morgan fingerprint density at radius 2 is 1.73 bits per heavy atom. The highest BCUT2D eigenvalue weighted by Gasteiger charge is 2.50. The summed E-state index contributed by atoms with van der Waals surface area (Å²) in [6.07, 6.45) is 4.53. The van der Waals surface area contributed by atoms with Gasteiger partial charge >= 0.3 is 5.97 Å². The summed E-state index contributed by atoms with van der Waals surface area (Å²) < 4.78 is 6.09. The fourth-order valence-electron chi connectivity index (χ4n) is 5.99. The SMILES string of the molecule is Cc1ccc(C(=O)COC(=O)c2cc(-c3ccc(N4C(=O)C5CC=CC(C)C5C4=O)cc3)nc3c(C)c(Cl)c(Br)cc23)cc1. The second-order valence-electron chi connectivity index (χ2n) is 11.3. The monoisotopic (exact) mass is 670 g/mol. The molecule has 3 unspecified atom stereocenters. The quantitative estimate of drug-likeness (QED) is 0.0904. The molecule has 1 aromatic heterocycles. The average Bonchev–Trinajstić information content (AvgIpc) is 3.28. The van der Waals surface area contributed by atoms with E-state index >= 15 is 0 Å². The number of benzene rings is 3. The summed E-state index contributed by atoms with van der Waals surface area (Å²) in [5.41, 5.74) is 4.48. The van der Waals surface area contributed by atoms with E-state index in [9.17, 15) is 19.2 Å². The highest BCUT2D eigenvalue weighted by Crippen LogP contribution is 2.41. The second-order valence-corrected chi connectivity index (χ2v) is 12.6. The number of hydrogen-bond donors (Lipinski definition) is 0. The van der Waals surface area contributed by atoms with Gasteiger partial charge in [-0.25, -0.2) is 9.78 Å². The van der Waals surface area contributed by atoms with E-state index in [4.69, 9.17) is 21.3 Å². The number of anilines is 1. The predicted octanol–water partition coefficient (Wildman–Crippen LogP) is 7.68. The molecule has 6 rings (SSSR count). The topological polar surface area (TPSA) is 93.6 Å². The molecule has 0 bridgehead atoms. The summed E-state index contributed by atoms with van der Waals surface area (Å²) >= 11 is 9.99. The van der Waals surface area contributed by atoms with Gasteiger partial charge in [0.1, 0.15) is 0 Å². The van der Waals surface area contributed by atoms with Crippen LogP contribution in [-0.4, -0.2) is 35.2 Å². The number of Topliss-reactive ketones (excluding diaryl/α,β-unsaturated/α-hetero) is 1. The lowest BCUT2D eigenvalue weighted by molar-refractivity contribution is -0.122. The molecule has 4 aromatic rings. The number of aryl methyl sites for hydroxylation is 2. The Hall–Kier alpha value is -4.14. The Balaban J connectivity index is 1.33. The van der Waals surface area contributed by atoms with Crippen molar-refractivity contribution in [1.29, 1.82) is 0 Å². The van der Waals surface area contributed by atoms with E-state index in [0.29, 0.717) is 54.9 Å². The average molecular weight is 672 g/mol. The van der Waals surface area contributed by atoms with Gasteiger partial charge in [0.15, 0.2) is 12.4 Å². The summed E-state index contributed by atoms with van der Waals surface area (Å²) in [5, 5.41) is 0.980. The zero-order valence-corrected chi connectivity index (χ0v) is 26.6. The van der Waals surface area contributed by atoms with Crippen molar-refractivity contribution in [3.63, 3.8) is 0 Å². The molecule has 2 amide bonds. The van der Waals surface area contributed by atoms with Crippen molar-refractivity contribution >= 4 is 67.7 Å². The molecule has 3 atom stereocenters. The number of aromatic nitrogens is 1. The third-order valence-electron chi connectivity index (χ3n) is 8.45. The molecular weight excluding hydrogens is 644 g/mol. The number of ketones is 1. The van der Waals surface area contributed by atoms with E-state index in [1.165, 1.54) is 4.90 Å². The van der Waals surface area contributed by atoms with Gasteiger partial charge < -0.3 is 4.74 Å². The van der Waals surface area contributed by atoms with Gasteiger partial charge in [0.05, 0.1) is 39.3 Å². The maximum Gasteiger partial charge on any atom is 0.339 e. The Morgan fingerprint density at radius 1 is 1.02 bits per heavy atom. The smallest absolute Gasteiger partial charge is 0.339 e. The first-order valence-electron chi connectivity index (χ1n) is 14.3. The number of halogens is 2. The molecule has 2 heterocycles. The number of esters is 1. The minimum Gasteiger partial charge on any atom is -0.454 e. The maximum absolute atomic E-state index is 13.5. The van der Waals surface area contributed by atoms with Crippen molar-refractivity contribution in [3.8, 4) is 11.3 Å². The van der Waals surface area contributed by atoms with Crippen LogP contribution in [-0.2, 0) is 14.3 Å². The van der Waals surface area contributed by atoms with Crippen LogP contribution in [0.4, 0.5) is 5.69 Å². The van der Waals surface area contributed by atoms with E-state index in [0.717, 1.165) is 5.56 Å². The van der Waals surface area contributed by atoms with E-state index < -0.39 is 12.6 Å². The molecule has 1 saturated heterocycles. The minimum absolute atomic E-state index is 0.00302. The molecule has 7 nitrogen and oxygen atoms in total. The van der Waals surface area contributed by atoms with Crippen LogP contribution < -0.4 is 4.90 Å². The van der Waals surface area contributed by atoms with Crippen LogP contribution in [0.1, 0.15) is 45.2 Å². The molecule has 1 aliphatic heterocycles. The molecule has 2 aliphatic rings. The van der Waals surface area contributed by atoms with Gasteiger partial charge in [0.25, 0.3) is 0 Å². The minimum atomic E-state index is -0.678. The van der Waals surface area contributed by atoms with Crippen molar-refractivity contribution in [2.75, 3.05) is 11.5 Å². The number of carbonyl (C=O) groups is 4. The number of ether oxygens (including phenoxy) is 1. The van der Waals surface area contributed by atoms with Crippen LogP contribution in [0, 0.1) is 31.6 Å². The first kappa shape index (κ1) is 29.9. The third kappa shape index (κ3) is 5.26. The number of pyridine rings is 1. The molecule has 0 N–H and O–H groups in total. The lowest BCUT2D eigenvalue weighted by atomic mass is 9.78. The predicted molar refractivity (Wildman–Crippen MR) is 173 cm³/mol. The summed E-state index contributed by atoms with van der Waals surface area (Å²) in [7, 11) is 0. The van der Waals surface area contributed by atoms with Crippen LogP contribution in [0.25, 0.3) is 22.2 Å². The van der Waals surface area contributed by atoms with Crippen molar-refractivity contribution in [1.82, 2.24) is 4.98 Å². The summed E-state index contributed by atoms with van der Waals surface area (Å²) in [5.74, 6) is -2.07. The molecule has 1 aliphatic carbocycles.